The molecule has 0 aliphatic heterocycles. The Hall–Kier alpha value is 0.491. The van der Waals surface area contributed by atoms with E-state index in [1.165, 1.54) is 0 Å². The van der Waals surface area contributed by atoms with Gasteiger partial charge in [0.15, 0.2) is 16.6 Å². The molecule has 0 unspecified atom stereocenters. The van der Waals surface area contributed by atoms with Crippen LogP contribution in [0.5, 0.6) is 0 Å². The molecule has 0 aliphatic carbocycles. The molecule has 92 valence electrons. The van der Waals surface area contributed by atoms with Gasteiger partial charge in [-0.3, -0.25) is 0 Å². The van der Waals surface area contributed by atoms with Crippen LogP contribution in [-0.4, -0.2) is 37.5 Å². The van der Waals surface area contributed by atoms with Crippen molar-refractivity contribution in [1.29, 1.82) is 0 Å². The summed E-state index contributed by atoms with van der Waals surface area (Å²) in [6.07, 6.45) is 1.27. The van der Waals surface area contributed by atoms with Crippen molar-refractivity contribution in [2.75, 3.05) is 12.3 Å². The Morgan fingerprint density at radius 3 is 1.20 bits per heavy atom. The van der Waals surface area contributed by atoms with E-state index in [4.69, 9.17) is 19.7 Å². The molecule has 7 heteroatoms. The third-order valence-corrected chi connectivity index (χ3v) is 12.3. The molecule has 0 aromatic carbocycles. The van der Waals surface area contributed by atoms with Gasteiger partial charge in [-0.15, -0.1) is 0 Å². The highest BCUT2D eigenvalue weighted by Gasteiger charge is 2.38. The van der Waals surface area contributed by atoms with E-state index in [0.29, 0.717) is 12.3 Å². The van der Waals surface area contributed by atoms with E-state index in [1.807, 2.05) is 0 Å². The summed E-state index contributed by atoms with van der Waals surface area (Å²) in [7, 11) is -5.51. The lowest BCUT2D eigenvalue weighted by atomic mass is 11.5. The second-order valence-electron chi connectivity index (χ2n) is 5.53. The van der Waals surface area contributed by atoms with Crippen LogP contribution in [-0.2, 0) is 8.23 Å². The van der Waals surface area contributed by atoms with Crippen molar-refractivity contribution in [2.24, 2.45) is 11.5 Å². The largest absolute Gasteiger partial charge is 0.435 e. The standard InChI is InChI=1S/C8H26N2O2Si3/c1-13(2,7-9)11-15(5,6)12-14(3,4)8-10/h7-10H2,1-6H3. The van der Waals surface area contributed by atoms with Crippen LogP contribution in [0.25, 0.3) is 0 Å². The van der Waals surface area contributed by atoms with Crippen LogP contribution >= 0.6 is 0 Å². The summed E-state index contributed by atoms with van der Waals surface area (Å²) in [6.45, 7) is 12.7. The summed E-state index contributed by atoms with van der Waals surface area (Å²) in [5.74, 6) is 0. The molecule has 0 bridgehead atoms. The molecule has 0 aromatic heterocycles. The fourth-order valence-electron chi connectivity index (χ4n) is 1.43. The van der Waals surface area contributed by atoms with Gasteiger partial charge in [-0.2, -0.15) is 0 Å². The summed E-state index contributed by atoms with van der Waals surface area (Å²) in [5, 5.41) is 0. The minimum absolute atomic E-state index is 0.636. The molecule has 15 heavy (non-hydrogen) atoms. The van der Waals surface area contributed by atoms with Crippen LogP contribution in [0.1, 0.15) is 0 Å². The predicted molar refractivity (Wildman–Crippen MR) is 72.7 cm³/mol. The average Bonchev–Trinajstić information content (AvgIpc) is 2.00. The molecule has 0 heterocycles. The van der Waals surface area contributed by atoms with Crippen molar-refractivity contribution >= 4 is 25.2 Å². The van der Waals surface area contributed by atoms with E-state index in [0.717, 1.165) is 0 Å². The number of rotatable bonds is 6. The summed E-state index contributed by atoms with van der Waals surface area (Å²) in [4.78, 5) is 0. The molecule has 0 aliphatic rings. The maximum atomic E-state index is 6.12. The average molecular weight is 267 g/mol. The Morgan fingerprint density at radius 2 is 1.00 bits per heavy atom. The normalized spacial score (nSPS) is 14.4. The van der Waals surface area contributed by atoms with Crippen LogP contribution in [0.4, 0.5) is 0 Å². The molecule has 0 saturated heterocycles. The lowest BCUT2D eigenvalue weighted by Crippen LogP contribution is -2.56. The first-order valence-corrected chi connectivity index (χ1v) is 14.4. The smallest absolute Gasteiger partial charge is 0.311 e. The van der Waals surface area contributed by atoms with Gasteiger partial charge in [-0.1, -0.05) is 0 Å². The van der Waals surface area contributed by atoms with E-state index in [9.17, 15) is 0 Å². The molecule has 0 radical (unpaired) electrons. The number of nitrogens with two attached hydrogens (primary N) is 2. The zero-order valence-corrected chi connectivity index (χ0v) is 13.9. The summed E-state index contributed by atoms with van der Waals surface area (Å²) in [6, 6.07) is 0. The minimum atomic E-state index is -2.05. The van der Waals surface area contributed by atoms with E-state index >= 15 is 0 Å². The number of hydrogen-bond donors (Lipinski definition) is 2. The van der Waals surface area contributed by atoms with E-state index in [1.54, 1.807) is 0 Å². The Kier molecular flexibility index (Phi) is 5.38. The zero-order chi connectivity index (χ0) is 12.3. The van der Waals surface area contributed by atoms with Gasteiger partial charge in [0.05, 0.1) is 0 Å². The van der Waals surface area contributed by atoms with Gasteiger partial charge in [0, 0.05) is 12.3 Å². The van der Waals surface area contributed by atoms with Crippen molar-refractivity contribution in [2.45, 2.75) is 39.3 Å². The Morgan fingerprint density at radius 1 is 0.733 bits per heavy atom. The quantitative estimate of drug-likeness (QED) is 0.707. The summed E-state index contributed by atoms with van der Waals surface area (Å²) >= 11 is 0. The van der Waals surface area contributed by atoms with Crippen LogP contribution < -0.4 is 11.5 Å². The first-order valence-electron chi connectivity index (χ1n) is 5.34. The lowest BCUT2D eigenvalue weighted by Gasteiger charge is -2.37. The molecular formula is C8H26N2O2Si3. The molecular weight excluding hydrogens is 240 g/mol. The zero-order valence-electron chi connectivity index (χ0n) is 10.9. The van der Waals surface area contributed by atoms with Crippen LogP contribution in [0, 0.1) is 0 Å². The van der Waals surface area contributed by atoms with Gasteiger partial charge < -0.3 is 19.7 Å². The fraction of sp³-hybridized carbons (Fsp3) is 1.00. The van der Waals surface area contributed by atoms with Gasteiger partial charge in [0.25, 0.3) is 0 Å². The van der Waals surface area contributed by atoms with Gasteiger partial charge in [0.2, 0.25) is 0 Å². The van der Waals surface area contributed by atoms with Crippen molar-refractivity contribution in [3.8, 4) is 0 Å². The second kappa shape index (κ2) is 5.21. The molecule has 0 fully saturated rings. The Bertz CT molecular complexity index is 190. The highest BCUT2D eigenvalue weighted by molar-refractivity contribution is 6.87. The maximum Gasteiger partial charge on any atom is 0.311 e. The Balaban J connectivity index is 4.43. The molecule has 0 atom stereocenters. The highest BCUT2D eigenvalue weighted by Crippen LogP contribution is 2.19. The number of hydrogen-bond acceptors (Lipinski definition) is 4. The molecule has 0 saturated carbocycles. The van der Waals surface area contributed by atoms with Crippen molar-refractivity contribution < 1.29 is 8.23 Å². The highest BCUT2D eigenvalue weighted by atomic mass is 28.5. The monoisotopic (exact) mass is 266 g/mol. The van der Waals surface area contributed by atoms with Crippen molar-refractivity contribution in [3.05, 3.63) is 0 Å². The topological polar surface area (TPSA) is 70.5 Å². The first-order chi connectivity index (χ1) is 6.54. The minimum Gasteiger partial charge on any atom is -0.435 e. The molecule has 4 nitrogen and oxygen atoms in total. The molecule has 0 aromatic rings. The van der Waals surface area contributed by atoms with Gasteiger partial charge in [-0.05, 0) is 39.3 Å². The Labute approximate surface area is 96.8 Å². The van der Waals surface area contributed by atoms with Crippen molar-refractivity contribution in [3.63, 3.8) is 0 Å². The molecule has 0 rings (SSSR count). The van der Waals surface area contributed by atoms with E-state index < -0.39 is 25.2 Å². The second-order valence-corrected chi connectivity index (χ2v) is 17.8. The maximum absolute atomic E-state index is 6.12. The SMILES string of the molecule is C[Si](C)(CN)O[Si](C)(C)O[Si](C)(C)CN. The van der Waals surface area contributed by atoms with Crippen LogP contribution in [0.3, 0.4) is 0 Å². The van der Waals surface area contributed by atoms with E-state index in [-0.39, 0.29) is 0 Å². The van der Waals surface area contributed by atoms with Crippen LogP contribution in [0.2, 0.25) is 39.3 Å². The van der Waals surface area contributed by atoms with Gasteiger partial charge in [0.1, 0.15) is 0 Å². The molecule has 0 spiro atoms. The third-order valence-electron chi connectivity index (χ3n) is 2.03. The lowest BCUT2D eigenvalue weighted by molar-refractivity contribution is 0.390. The molecule has 4 N–H and O–H groups in total. The first kappa shape index (κ1) is 15.5. The summed E-state index contributed by atoms with van der Waals surface area (Å²) < 4.78 is 12.2. The molecule has 0 amide bonds. The van der Waals surface area contributed by atoms with Crippen molar-refractivity contribution in [1.82, 2.24) is 0 Å². The van der Waals surface area contributed by atoms with E-state index in [2.05, 4.69) is 39.3 Å². The fourth-order valence-corrected chi connectivity index (χ4v) is 13.3. The van der Waals surface area contributed by atoms with Gasteiger partial charge >= 0.3 is 8.56 Å². The van der Waals surface area contributed by atoms with Gasteiger partial charge in [-0.25, -0.2) is 0 Å². The van der Waals surface area contributed by atoms with Crippen LogP contribution in [0.15, 0.2) is 0 Å². The third kappa shape index (κ3) is 6.61. The predicted octanol–water partition coefficient (Wildman–Crippen LogP) is 1.13. The summed E-state index contributed by atoms with van der Waals surface area (Å²) in [5.41, 5.74) is 11.4.